The molecule has 0 aliphatic carbocycles. The lowest BCUT2D eigenvalue weighted by molar-refractivity contribution is -0.149. The van der Waals surface area contributed by atoms with Crippen molar-refractivity contribution in [2.45, 2.75) is 37.5 Å². The zero-order chi connectivity index (χ0) is 24.0. The second-order valence-electron chi connectivity index (χ2n) is 8.31. The summed E-state index contributed by atoms with van der Waals surface area (Å²) in [6.45, 7) is 0.249. The molecule has 9 heteroatoms. The number of imidazole rings is 1. The summed E-state index contributed by atoms with van der Waals surface area (Å²) < 4.78 is 5.38. The van der Waals surface area contributed by atoms with Gasteiger partial charge in [0.05, 0.1) is 6.33 Å². The number of aromatic nitrogens is 2. The molecule has 1 aliphatic rings. The van der Waals surface area contributed by atoms with E-state index in [4.69, 9.17) is 4.74 Å². The molecule has 3 aromatic rings. The van der Waals surface area contributed by atoms with Gasteiger partial charge in [-0.15, -0.1) is 0 Å². The van der Waals surface area contributed by atoms with E-state index >= 15 is 0 Å². The Kier molecular flexibility index (Phi) is 6.91. The van der Waals surface area contributed by atoms with Crippen molar-refractivity contribution < 1.29 is 24.2 Å². The normalized spacial score (nSPS) is 18.5. The Morgan fingerprint density at radius 1 is 1.12 bits per heavy atom. The van der Waals surface area contributed by atoms with Crippen LogP contribution < -0.4 is 5.32 Å². The number of rotatable bonds is 9. The van der Waals surface area contributed by atoms with Gasteiger partial charge in [-0.1, -0.05) is 60.7 Å². The number of nitrogens with zero attached hydrogens (tertiary/aromatic N) is 2. The van der Waals surface area contributed by atoms with Gasteiger partial charge in [-0.25, -0.2) is 14.6 Å². The van der Waals surface area contributed by atoms with Crippen molar-refractivity contribution in [2.24, 2.45) is 0 Å². The third kappa shape index (κ3) is 5.25. The molecule has 1 fully saturated rings. The molecule has 4 rings (SSSR count). The van der Waals surface area contributed by atoms with E-state index in [9.17, 15) is 19.5 Å². The third-order valence-electron chi connectivity index (χ3n) is 5.98. The minimum absolute atomic E-state index is 0.0591. The molecule has 2 heterocycles. The van der Waals surface area contributed by atoms with Crippen LogP contribution in [0.4, 0.5) is 4.79 Å². The number of hydrogen-bond acceptors (Lipinski definition) is 5. The number of likely N-dealkylation sites (tertiary alicyclic amines) is 1. The Labute approximate surface area is 196 Å². The number of benzene rings is 2. The van der Waals surface area contributed by atoms with Crippen molar-refractivity contribution in [2.75, 3.05) is 6.54 Å². The highest BCUT2D eigenvalue weighted by atomic mass is 16.5. The van der Waals surface area contributed by atoms with Crippen LogP contribution in [0.3, 0.4) is 0 Å². The molecule has 2 amide bonds. The fraction of sp³-hybridized carbons (Fsp3) is 0.280. The van der Waals surface area contributed by atoms with Crippen molar-refractivity contribution in [3.8, 4) is 0 Å². The van der Waals surface area contributed by atoms with Crippen molar-refractivity contribution in [1.82, 2.24) is 20.2 Å². The number of carboxylic acid groups (broad SMARTS) is 1. The first kappa shape index (κ1) is 23.0. The number of hydrogen-bond donors (Lipinski definition) is 3. The Hall–Kier alpha value is -4.14. The maximum absolute atomic E-state index is 13.7. The lowest BCUT2D eigenvalue weighted by Gasteiger charge is -2.31. The largest absolute Gasteiger partial charge is 0.480 e. The summed E-state index contributed by atoms with van der Waals surface area (Å²) >= 11 is 0. The molecule has 1 saturated heterocycles. The second-order valence-corrected chi connectivity index (χ2v) is 8.31. The van der Waals surface area contributed by atoms with Crippen LogP contribution in [0.1, 0.15) is 23.2 Å². The van der Waals surface area contributed by atoms with E-state index in [1.165, 1.54) is 17.4 Å². The van der Waals surface area contributed by atoms with Gasteiger partial charge in [-0.05, 0) is 17.5 Å². The standard InChI is InChI=1S/C25H26N4O5/c30-22(31)21(13-20-15-26-17-27-20)29-12-11-25(23(29)32,14-18-7-3-1-4-8-18)28-24(33)34-16-19-9-5-2-6-10-19/h1-10,15,17,21H,11-14,16H2,(H,26,27)(H,28,33)(H,30,31)/t21-,25+/m0/s1. The van der Waals surface area contributed by atoms with E-state index in [-0.39, 0.29) is 32.4 Å². The fourth-order valence-corrected chi connectivity index (χ4v) is 4.25. The van der Waals surface area contributed by atoms with Crippen LogP contribution in [-0.4, -0.2) is 56.1 Å². The molecular formula is C25H26N4O5. The molecule has 1 aliphatic heterocycles. The van der Waals surface area contributed by atoms with E-state index < -0.39 is 29.6 Å². The summed E-state index contributed by atoms with van der Waals surface area (Å²) in [5, 5.41) is 12.6. The van der Waals surface area contributed by atoms with Gasteiger partial charge in [0, 0.05) is 31.3 Å². The van der Waals surface area contributed by atoms with Gasteiger partial charge in [-0.2, -0.15) is 0 Å². The zero-order valence-electron chi connectivity index (χ0n) is 18.5. The average molecular weight is 463 g/mol. The predicted molar refractivity (Wildman–Crippen MR) is 123 cm³/mol. The molecule has 0 saturated carbocycles. The lowest BCUT2D eigenvalue weighted by Crippen LogP contribution is -2.57. The highest BCUT2D eigenvalue weighted by Crippen LogP contribution is 2.30. The van der Waals surface area contributed by atoms with E-state index in [1.54, 1.807) is 0 Å². The molecule has 176 valence electrons. The smallest absolute Gasteiger partial charge is 0.408 e. The summed E-state index contributed by atoms with van der Waals surface area (Å²) in [5.74, 6) is -1.56. The van der Waals surface area contributed by atoms with Crippen LogP contribution in [0, 0.1) is 0 Å². The number of nitrogens with one attached hydrogen (secondary N) is 2. The molecule has 3 N–H and O–H groups in total. The fourth-order valence-electron chi connectivity index (χ4n) is 4.25. The molecule has 1 aromatic heterocycles. The first-order valence-electron chi connectivity index (χ1n) is 11.0. The van der Waals surface area contributed by atoms with Gasteiger partial charge in [0.25, 0.3) is 0 Å². The molecule has 0 spiro atoms. The Bertz CT molecular complexity index is 1120. The summed E-state index contributed by atoms with van der Waals surface area (Å²) in [7, 11) is 0. The monoisotopic (exact) mass is 462 g/mol. The number of alkyl carbamates (subject to hydrolysis) is 1. The summed E-state index contributed by atoms with van der Waals surface area (Å²) in [4.78, 5) is 46.6. The van der Waals surface area contributed by atoms with Gasteiger partial charge in [0.15, 0.2) is 0 Å². The van der Waals surface area contributed by atoms with E-state index in [2.05, 4.69) is 15.3 Å². The number of carboxylic acids is 1. The number of carbonyl (C=O) groups is 3. The van der Waals surface area contributed by atoms with Gasteiger partial charge in [0.1, 0.15) is 18.2 Å². The van der Waals surface area contributed by atoms with Crippen molar-refractivity contribution in [3.05, 3.63) is 90.0 Å². The van der Waals surface area contributed by atoms with Crippen molar-refractivity contribution in [1.29, 1.82) is 0 Å². The Morgan fingerprint density at radius 3 is 2.41 bits per heavy atom. The van der Waals surface area contributed by atoms with Crippen LogP contribution in [0.2, 0.25) is 0 Å². The highest BCUT2D eigenvalue weighted by Gasteiger charge is 2.51. The van der Waals surface area contributed by atoms with Crippen LogP contribution in [-0.2, 0) is 33.8 Å². The predicted octanol–water partition coefficient (Wildman–Crippen LogP) is 2.55. The lowest BCUT2D eigenvalue weighted by atomic mass is 9.89. The number of ether oxygens (including phenoxy) is 1. The quantitative estimate of drug-likeness (QED) is 0.449. The molecular weight excluding hydrogens is 436 g/mol. The van der Waals surface area contributed by atoms with Crippen molar-refractivity contribution in [3.63, 3.8) is 0 Å². The SMILES string of the molecule is O=C(N[C@@]1(Cc2ccccc2)CCN([C@@H](Cc2cnc[nH]2)C(=O)O)C1=O)OCc1ccccc1. The number of amides is 2. The average Bonchev–Trinajstić information content (AvgIpc) is 3.46. The summed E-state index contributed by atoms with van der Waals surface area (Å²) in [6.07, 6.45) is 2.83. The number of H-pyrrole nitrogens is 1. The summed E-state index contributed by atoms with van der Waals surface area (Å²) in [6, 6.07) is 17.4. The minimum atomic E-state index is -1.31. The molecule has 0 bridgehead atoms. The maximum Gasteiger partial charge on any atom is 0.408 e. The van der Waals surface area contributed by atoms with Gasteiger partial charge < -0.3 is 25.0 Å². The van der Waals surface area contributed by atoms with E-state index in [0.717, 1.165) is 11.1 Å². The third-order valence-corrected chi connectivity index (χ3v) is 5.98. The number of aromatic amines is 1. The highest BCUT2D eigenvalue weighted by molar-refractivity contribution is 5.95. The molecule has 9 nitrogen and oxygen atoms in total. The minimum Gasteiger partial charge on any atom is -0.480 e. The Morgan fingerprint density at radius 2 is 1.79 bits per heavy atom. The number of carbonyl (C=O) groups excluding carboxylic acids is 2. The molecule has 0 radical (unpaired) electrons. The van der Waals surface area contributed by atoms with Crippen LogP contribution in [0.15, 0.2) is 73.2 Å². The van der Waals surface area contributed by atoms with Gasteiger partial charge in [0.2, 0.25) is 5.91 Å². The molecule has 2 aromatic carbocycles. The molecule has 34 heavy (non-hydrogen) atoms. The maximum atomic E-state index is 13.7. The first-order valence-corrected chi connectivity index (χ1v) is 11.0. The molecule has 2 atom stereocenters. The van der Waals surface area contributed by atoms with E-state index in [1.807, 2.05) is 60.7 Å². The van der Waals surface area contributed by atoms with Crippen LogP contribution in [0.5, 0.6) is 0 Å². The zero-order valence-corrected chi connectivity index (χ0v) is 18.5. The number of aliphatic carboxylic acids is 1. The van der Waals surface area contributed by atoms with Crippen LogP contribution in [0.25, 0.3) is 0 Å². The Balaban J connectivity index is 1.54. The van der Waals surface area contributed by atoms with E-state index in [0.29, 0.717) is 5.69 Å². The van der Waals surface area contributed by atoms with Crippen LogP contribution >= 0.6 is 0 Å². The second kappa shape index (κ2) is 10.2. The van der Waals surface area contributed by atoms with Gasteiger partial charge >= 0.3 is 12.1 Å². The van der Waals surface area contributed by atoms with Crippen molar-refractivity contribution >= 4 is 18.0 Å². The first-order chi connectivity index (χ1) is 16.5. The summed E-state index contributed by atoms with van der Waals surface area (Å²) in [5.41, 5.74) is 0.966. The van der Waals surface area contributed by atoms with Gasteiger partial charge in [-0.3, -0.25) is 4.79 Å². The molecule has 0 unspecified atom stereocenters. The topological polar surface area (TPSA) is 125 Å².